The molecule has 1 aromatic heterocycles. The van der Waals surface area contributed by atoms with Crippen molar-refractivity contribution in [3.63, 3.8) is 0 Å². The highest BCUT2D eigenvalue weighted by molar-refractivity contribution is 5.97. The number of carbonyl (C=O) groups is 2. The summed E-state index contributed by atoms with van der Waals surface area (Å²) in [5, 5.41) is 3.30. The van der Waals surface area contributed by atoms with Crippen molar-refractivity contribution < 1.29 is 14.3 Å². The Morgan fingerprint density at radius 2 is 2.09 bits per heavy atom. The van der Waals surface area contributed by atoms with Gasteiger partial charge in [-0.3, -0.25) is 9.59 Å². The minimum atomic E-state index is -0.563. The van der Waals surface area contributed by atoms with E-state index in [1.807, 2.05) is 32.4 Å². The Morgan fingerprint density at radius 3 is 2.77 bits per heavy atom. The topological polar surface area (TPSA) is 74.4 Å². The highest BCUT2D eigenvalue weighted by Gasteiger charge is 2.15. The molecule has 0 aliphatic heterocycles. The second-order valence-electron chi connectivity index (χ2n) is 5.37. The maximum Gasteiger partial charge on any atom is 0.320 e. The SMILES string of the molecule is CNC(=O)CC(=O)Oc1cccc2[nH]cc(CCN(C)C)c12. The number of hydrogen-bond donors (Lipinski definition) is 2. The number of aromatic amines is 1. The molecule has 0 atom stereocenters. The molecule has 0 aliphatic carbocycles. The molecular formula is C16H21N3O3. The van der Waals surface area contributed by atoms with E-state index in [9.17, 15) is 9.59 Å². The van der Waals surface area contributed by atoms with Gasteiger partial charge in [-0.2, -0.15) is 0 Å². The van der Waals surface area contributed by atoms with Gasteiger partial charge in [-0.25, -0.2) is 0 Å². The standard InChI is InChI=1S/C16H21N3O3/c1-17-14(20)9-15(21)22-13-6-4-5-12-16(13)11(10-18-12)7-8-19(2)3/h4-6,10,18H,7-9H2,1-3H3,(H,17,20). The molecule has 0 unspecified atom stereocenters. The number of nitrogens with zero attached hydrogens (tertiary/aromatic N) is 1. The van der Waals surface area contributed by atoms with E-state index in [1.165, 1.54) is 7.05 Å². The number of hydrogen-bond acceptors (Lipinski definition) is 4. The molecule has 0 fully saturated rings. The number of benzene rings is 1. The summed E-state index contributed by atoms with van der Waals surface area (Å²) < 4.78 is 5.37. The van der Waals surface area contributed by atoms with Crippen molar-refractivity contribution in [2.24, 2.45) is 0 Å². The molecular weight excluding hydrogens is 282 g/mol. The van der Waals surface area contributed by atoms with E-state index in [0.717, 1.165) is 29.4 Å². The minimum Gasteiger partial charge on any atom is -0.425 e. The van der Waals surface area contributed by atoms with Crippen LogP contribution in [-0.2, 0) is 16.0 Å². The van der Waals surface area contributed by atoms with Crippen LogP contribution < -0.4 is 10.1 Å². The zero-order valence-electron chi connectivity index (χ0n) is 13.1. The maximum atomic E-state index is 11.8. The van der Waals surface area contributed by atoms with E-state index < -0.39 is 5.97 Å². The van der Waals surface area contributed by atoms with Crippen molar-refractivity contribution in [1.82, 2.24) is 15.2 Å². The summed E-state index contributed by atoms with van der Waals surface area (Å²) in [5.41, 5.74) is 2.01. The van der Waals surface area contributed by atoms with Crippen LogP contribution in [0.25, 0.3) is 10.9 Å². The molecule has 2 N–H and O–H groups in total. The van der Waals surface area contributed by atoms with Gasteiger partial charge in [0.25, 0.3) is 0 Å². The number of aromatic nitrogens is 1. The Morgan fingerprint density at radius 1 is 1.32 bits per heavy atom. The highest BCUT2D eigenvalue weighted by Crippen LogP contribution is 2.29. The molecule has 1 amide bonds. The molecule has 1 heterocycles. The lowest BCUT2D eigenvalue weighted by Gasteiger charge is -2.10. The second kappa shape index (κ2) is 7.09. The molecule has 0 spiro atoms. The van der Waals surface area contributed by atoms with Crippen LogP contribution in [0.5, 0.6) is 5.75 Å². The lowest BCUT2D eigenvalue weighted by atomic mass is 10.1. The fraction of sp³-hybridized carbons (Fsp3) is 0.375. The van der Waals surface area contributed by atoms with E-state index in [1.54, 1.807) is 6.07 Å². The summed E-state index contributed by atoms with van der Waals surface area (Å²) in [4.78, 5) is 28.4. The third-order valence-corrected chi connectivity index (χ3v) is 3.39. The van der Waals surface area contributed by atoms with Crippen molar-refractivity contribution >= 4 is 22.8 Å². The van der Waals surface area contributed by atoms with Crippen LogP contribution in [0.1, 0.15) is 12.0 Å². The van der Waals surface area contributed by atoms with Gasteiger partial charge in [0.2, 0.25) is 5.91 Å². The van der Waals surface area contributed by atoms with Crippen LogP contribution in [0.2, 0.25) is 0 Å². The molecule has 1 aromatic carbocycles. The fourth-order valence-corrected chi connectivity index (χ4v) is 2.22. The average molecular weight is 303 g/mol. The van der Waals surface area contributed by atoms with Crippen LogP contribution >= 0.6 is 0 Å². The third-order valence-electron chi connectivity index (χ3n) is 3.39. The predicted octanol–water partition coefficient (Wildman–Crippen LogP) is 1.31. The van der Waals surface area contributed by atoms with Crippen LogP contribution in [0, 0.1) is 0 Å². The van der Waals surface area contributed by atoms with E-state index in [4.69, 9.17) is 4.74 Å². The smallest absolute Gasteiger partial charge is 0.320 e. The molecule has 2 rings (SSSR count). The van der Waals surface area contributed by atoms with Crippen LogP contribution in [0.3, 0.4) is 0 Å². The molecule has 6 nitrogen and oxygen atoms in total. The van der Waals surface area contributed by atoms with Crippen molar-refractivity contribution in [2.75, 3.05) is 27.7 Å². The van der Waals surface area contributed by atoms with E-state index in [0.29, 0.717) is 5.75 Å². The van der Waals surface area contributed by atoms with Crippen LogP contribution in [0.4, 0.5) is 0 Å². The summed E-state index contributed by atoms with van der Waals surface area (Å²) in [5.74, 6) is -0.438. The molecule has 6 heteroatoms. The van der Waals surface area contributed by atoms with E-state index in [-0.39, 0.29) is 12.3 Å². The molecule has 118 valence electrons. The van der Waals surface area contributed by atoms with Crippen LogP contribution in [0.15, 0.2) is 24.4 Å². The Balaban J connectivity index is 2.23. The molecule has 0 saturated heterocycles. The molecule has 0 saturated carbocycles. The highest BCUT2D eigenvalue weighted by atomic mass is 16.5. The van der Waals surface area contributed by atoms with Crippen molar-refractivity contribution in [2.45, 2.75) is 12.8 Å². The average Bonchev–Trinajstić information content (AvgIpc) is 2.89. The van der Waals surface area contributed by atoms with Gasteiger partial charge in [0, 0.05) is 30.7 Å². The first-order chi connectivity index (χ1) is 10.5. The first-order valence-electron chi connectivity index (χ1n) is 7.16. The first-order valence-corrected chi connectivity index (χ1v) is 7.16. The quantitative estimate of drug-likeness (QED) is 0.479. The van der Waals surface area contributed by atoms with Gasteiger partial charge in [0.05, 0.1) is 0 Å². The van der Waals surface area contributed by atoms with Crippen LogP contribution in [-0.4, -0.2) is 49.4 Å². The third kappa shape index (κ3) is 3.85. The van der Waals surface area contributed by atoms with Gasteiger partial charge in [-0.15, -0.1) is 0 Å². The summed E-state index contributed by atoms with van der Waals surface area (Å²) in [6.07, 6.45) is 2.49. The normalized spacial score (nSPS) is 10.9. The Labute approximate surface area is 129 Å². The number of likely N-dealkylation sites (N-methyl/N-ethyl adjacent to an activating group) is 1. The number of ether oxygens (including phenoxy) is 1. The van der Waals surface area contributed by atoms with Crippen molar-refractivity contribution in [3.8, 4) is 5.75 Å². The first kappa shape index (κ1) is 16.0. The van der Waals surface area contributed by atoms with Gasteiger partial charge < -0.3 is 19.9 Å². The summed E-state index contributed by atoms with van der Waals surface area (Å²) in [7, 11) is 5.51. The summed E-state index contributed by atoms with van der Waals surface area (Å²) in [6.45, 7) is 0.896. The van der Waals surface area contributed by atoms with Crippen molar-refractivity contribution in [3.05, 3.63) is 30.0 Å². The summed E-state index contributed by atoms with van der Waals surface area (Å²) in [6, 6.07) is 5.50. The number of carbonyl (C=O) groups excluding carboxylic acids is 2. The van der Waals surface area contributed by atoms with Gasteiger partial charge in [0.15, 0.2) is 0 Å². The molecule has 2 aromatic rings. The molecule has 22 heavy (non-hydrogen) atoms. The van der Waals surface area contributed by atoms with E-state index in [2.05, 4.69) is 15.2 Å². The number of H-pyrrole nitrogens is 1. The minimum absolute atomic E-state index is 0.287. The van der Waals surface area contributed by atoms with Gasteiger partial charge >= 0.3 is 5.97 Å². The lowest BCUT2D eigenvalue weighted by molar-refractivity contribution is -0.138. The summed E-state index contributed by atoms with van der Waals surface area (Å²) >= 11 is 0. The molecule has 0 radical (unpaired) electrons. The molecule has 0 bridgehead atoms. The number of nitrogens with one attached hydrogen (secondary N) is 2. The maximum absolute atomic E-state index is 11.8. The predicted molar refractivity (Wildman–Crippen MR) is 84.9 cm³/mol. The second-order valence-corrected chi connectivity index (χ2v) is 5.37. The van der Waals surface area contributed by atoms with Gasteiger partial charge in [0.1, 0.15) is 12.2 Å². The van der Waals surface area contributed by atoms with Gasteiger partial charge in [-0.05, 0) is 38.2 Å². The van der Waals surface area contributed by atoms with Gasteiger partial charge in [-0.1, -0.05) is 6.07 Å². The number of amides is 1. The number of esters is 1. The lowest BCUT2D eigenvalue weighted by Crippen LogP contribution is -2.23. The Hall–Kier alpha value is -2.34. The Bertz CT molecular complexity index is 676. The monoisotopic (exact) mass is 303 g/mol. The largest absolute Gasteiger partial charge is 0.425 e. The number of rotatable bonds is 6. The fourth-order valence-electron chi connectivity index (χ4n) is 2.22. The molecule has 0 aliphatic rings. The van der Waals surface area contributed by atoms with E-state index >= 15 is 0 Å². The number of fused-ring (bicyclic) bond motifs is 1. The Kier molecular flexibility index (Phi) is 5.16. The van der Waals surface area contributed by atoms with Crippen molar-refractivity contribution in [1.29, 1.82) is 0 Å². The zero-order chi connectivity index (χ0) is 16.1. The zero-order valence-corrected chi connectivity index (χ0v) is 13.1.